The van der Waals surface area contributed by atoms with E-state index in [-0.39, 0.29) is 31.3 Å². The van der Waals surface area contributed by atoms with E-state index >= 15 is 0 Å². The van der Waals surface area contributed by atoms with Gasteiger partial charge in [-0.1, -0.05) is 59.1 Å². The minimum atomic E-state index is -3.55. The number of nitrogens with zero attached hydrogens (tertiary/aromatic N) is 8. The lowest BCUT2D eigenvalue weighted by atomic mass is 10.1. The maximum absolute atomic E-state index is 12.6. The van der Waals surface area contributed by atoms with E-state index < -0.39 is 32.4 Å². The molecule has 5 heterocycles. The summed E-state index contributed by atoms with van der Waals surface area (Å²) in [5, 5.41) is 7.86. The fraction of sp³-hybridized carbons (Fsp3) is 0.400. The number of likely N-dealkylation sites (N-methyl/N-ethyl adjacent to an activating group) is 2. The van der Waals surface area contributed by atoms with Crippen LogP contribution < -0.4 is 14.3 Å². The molecule has 300 valence electrons. The van der Waals surface area contributed by atoms with Crippen LogP contribution in [0.3, 0.4) is 0 Å². The molecule has 0 unspecified atom stereocenters. The number of sulfonamides is 2. The molecule has 0 saturated heterocycles. The van der Waals surface area contributed by atoms with Crippen molar-refractivity contribution in [3.63, 3.8) is 0 Å². The Kier molecular flexibility index (Phi) is 12.6. The van der Waals surface area contributed by atoms with Gasteiger partial charge in [-0.25, -0.2) is 35.4 Å². The zero-order chi connectivity index (χ0) is 40.4. The number of benzene rings is 2. The third kappa shape index (κ3) is 10.00. The van der Waals surface area contributed by atoms with E-state index in [2.05, 4.69) is 30.0 Å². The lowest BCUT2D eigenvalue weighted by molar-refractivity contribution is 0.100. The van der Waals surface area contributed by atoms with E-state index in [9.17, 15) is 30.4 Å². The van der Waals surface area contributed by atoms with Gasteiger partial charge >= 0.3 is 6.43 Å². The zero-order valence-corrected chi connectivity index (χ0v) is 34.3. The number of nitrogens with two attached hydrogens (primary N) is 1. The number of rotatable bonds is 12. The summed E-state index contributed by atoms with van der Waals surface area (Å²) in [4.78, 5) is 27.3. The highest BCUT2D eigenvalue weighted by Crippen LogP contribution is 2.34. The van der Waals surface area contributed by atoms with Crippen LogP contribution in [0, 0.1) is 0 Å². The first-order valence-corrected chi connectivity index (χ1v) is 22.6. The predicted octanol–water partition coefficient (Wildman–Crippen LogP) is 4.32. The molecule has 2 aliphatic rings. The van der Waals surface area contributed by atoms with Crippen molar-refractivity contribution in [2.45, 2.75) is 45.4 Å². The lowest BCUT2D eigenvalue weighted by Gasteiger charge is -2.20. The summed E-state index contributed by atoms with van der Waals surface area (Å²) in [5.74, 6) is -0.905. The molecular formula is C35H41F2N9O6S4. The second-order valence-corrected chi connectivity index (χ2v) is 19.5. The molecule has 0 radical (unpaired) electrons. The molecule has 7 rings (SSSR count). The van der Waals surface area contributed by atoms with Crippen molar-refractivity contribution in [3.05, 3.63) is 92.3 Å². The van der Waals surface area contributed by atoms with Gasteiger partial charge in [0.15, 0.2) is 16.0 Å². The molecular weight excluding hydrogens is 809 g/mol. The Morgan fingerprint density at radius 1 is 0.804 bits per heavy atom. The molecule has 0 fully saturated rings. The first-order valence-electron chi connectivity index (χ1n) is 17.3. The van der Waals surface area contributed by atoms with E-state index in [4.69, 9.17) is 10.2 Å². The maximum Gasteiger partial charge on any atom is 0.314 e. The van der Waals surface area contributed by atoms with Crippen molar-refractivity contribution < 1.29 is 34.8 Å². The minimum absolute atomic E-state index is 0.0199. The number of hydrogen-bond acceptors (Lipinski definition) is 15. The fourth-order valence-corrected chi connectivity index (χ4v) is 10.6. The average Bonchev–Trinajstić information content (AvgIpc) is 3.91. The molecule has 56 heavy (non-hydrogen) atoms. The highest BCUT2D eigenvalue weighted by atomic mass is 32.2. The number of aromatic nitrogens is 4. The van der Waals surface area contributed by atoms with Crippen molar-refractivity contribution in [3.8, 4) is 11.5 Å². The number of hydrogen-bond donors (Lipinski definition) is 1. The lowest BCUT2D eigenvalue weighted by Crippen LogP contribution is -2.29. The van der Waals surface area contributed by atoms with Crippen molar-refractivity contribution in [2.75, 3.05) is 54.9 Å². The Balaban J connectivity index is 0.000000192. The van der Waals surface area contributed by atoms with Crippen LogP contribution in [-0.2, 0) is 59.1 Å². The first kappa shape index (κ1) is 41.4. The van der Waals surface area contributed by atoms with Crippen LogP contribution in [0.2, 0.25) is 0 Å². The molecule has 0 atom stereocenters. The van der Waals surface area contributed by atoms with E-state index in [1.807, 2.05) is 14.1 Å². The maximum atomic E-state index is 12.6. The van der Waals surface area contributed by atoms with Crippen LogP contribution in [0.1, 0.15) is 54.9 Å². The van der Waals surface area contributed by atoms with Crippen LogP contribution in [0.4, 0.5) is 19.0 Å². The van der Waals surface area contributed by atoms with Gasteiger partial charge in [0, 0.05) is 59.9 Å². The Bertz CT molecular complexity index is 2390. The number of halogens is 2. The summed E-state index contributed by atoms with van der Waals surface area (Å²) >= 11 is 2.82. The van der Waals surface area contributed by atoms with Crippen LogP contribution in [-0.4, -0.2) is 98.8 Å². The van der Waals surface area contributed by atoms with Gasteiger partial charge in [-0.2, -0.15) is 8.78 Å². The van der Waals surface area contributed by atoms with Crippen molar-refractivity contribution in [1.29, 1.82) is 0 Å². The largest absolute Gasteiger partial charge is 0.415 e. The second-order valence-electron chi connectivity index (χ2n) is 13.5. The highest BCUT2D eigenvalue weighted by Gasteiger charge is 2.28. The normalized spacial score (nSPS) is 14.9. The molecule has 21 heteroatoms. The van der Waals surface area contributed by atoms with Crippen LogP contribution in [0.25, 0.3) is 11.5 Å². The van der Waals surface area contributed by atoms with Gasteiger partial charge in [-0.3, -0.25) is 4.79 Å². The highest BCUT2D eigenvalue weighted by molar-refractivity contribution is 7.92. The van der Waals surface area contributed by atoms with Crippen molar-refractivity contribution in [2.24, 2.45) is 5.73 Å². The molecule has 5 aromatic rings. The quantitative estimate of drug-likeness (QED) is 0.175. The van der Waals surface area contributed by atoms with Gasteiger partial charge in [-0.05, 0) is 37.4 Å². The Hall–Kier alpha value is -4.25. The van der Waals surface area contributed by atoms with Gasteiger partial charge in [-0.15, -0.1) is 10.2 Å². The van der Waals surface area contributed by atoms with E-state index in [1.165, 1.54) is 37.5 Å². The van der Waals surface area contributed by atoms with E-state index in [0.717, 1.165) is 72.0 Å². The Morgan fingerprint density at radius 2 is 1.27 bits per heavy atom. The Labute approximate surface area is 331 Å². The summed E-state index contributed by atoms with van der Waals surface area (Å²) in [6, 6.07) is 13.5. The summed E-state index contributed by atoms with van der Waals surface area (Å²) in [7, 11) is -2.97. The molecule has 0 saturated carbocycles. The topological polar surface area (TPSA) is 189 Å². The average molecular weight is 850 g/mol. The number of ketones is 1. The predicted molar refractivity (Wildman–Crippen MR) is 211 cm³/mol. The SMILES string of the molecule is CN1CCc2nc(N(Cc3ccc(-c4nnc(C(F)F)o4)cc3)S(C)(=O)=O)sc2C1.CN1CCc2nc(N(Cc3ccc(C(=O)CN)cc3)S(C)(=O)=O)sc2C1. The first-order chi connectivity index (χ1) is 26.5. The molecule has 2 aliphatic heterocycles. The smallest absolute Gasteiger partial charge is 0.314 e. The van der Waals surface area contributed by atoms with Crippen LogP contribution >= 0.6 is 22.7 Å². The standard InChI is InChI=1S/C18H19F2N5O3S2.C17H22N4O3S2/c1-24-8-7-13-14(10-24)29-18(21-13)25(30(2,26)27)9-11-3-5-12(6-4-11)16-22-23-17(28-16)15(19)20;1-20-8-7-14-16(11-20)25-17(19-14)21(26(2,23)24)10-12-3-5-13(6-4-12)15(22)9-18/h3-6,15H,7-10H2,1-2H3;3-6H,7-11,18H2,1-2H3. The molecule has 2 N–H and O–H groups in total. The number of carbonyl (C=O) groups excluding carboxylic acids is 1. The van der Waals surface area contributed by atoms with Crippen molar-refractivity contribution in [1.82, 2.24) is 30.0 Å². The minimum Gasteiger partial charge on any atom is -0.415 e. The van der Waals surface area contributed by atoms with Crippen LogP contribution in [0.15, 0.2) is 52.9 Å². The summed E-state index contributed by atoms with van der Waals surface area (Å²) in [6.07, 6.45) is 1.12. The van der Waals surface area contributed by atoms with Gasteiger partial charge in [0.2, 0.25) is 25.9 Å². The zero-order valence-electron chi connectivity index (χ0n) is 31.1. The van der Waals surface area contributed by atoms with Crippen molar-refractivity contribution >= 4 is 58.8 Å². The number of anilines is 2. The van der Waals surface area contributed by atoms with Crippen LogP contribution in [0.5, 0.6) is 0 Å². The summed E-state index contributed by atoms with van der Waals surface area (Å²) < 4.78 is 82.4. The van der Waals surface area contributed by atoms with E-state index in [0.29, 0.717) is 27.0 Å². The Morgan fingerprint density at radius 3 is 1.68 bits per heavy atom. The fourth-order valence-electron chi connectivity index (χ4n) is 5.92. The van der Waals surface area contributed by atoms with Gasteiger partial charge in [0.1, 0.15) is 0 Å². The van der Waals surface area contributed by atoms with Gasteiger partial charge in [0.25, 0.3) is 5.89 Å². The molecule has 0 spiro atoms. The monoisotopic (exact) mass is 849 g/mol. The molecule has 0 bridgehead atoms. The summed E-state index contributed by atoms with van der Waals surface area (Å²) in [6.45, 7) is 3.59. The van der Waals surface area contributed by atoms with Gasteiger partial charge in [0.05, 0.1) is 43.5 Å². The third-order valence-electron chi connectivity index (χ3n) is 8.99. The van der Waals surface area contributed by atoms with Gasteiger partial charge < -0.3 is 20.0 Å². The molecule has 2 aromatic carbocycles. The number of thiazole rings is 2. The number of fused-ring (bicyclic) bond motifs is 2. The third-order valence-corrected chi connectivity index (χ3v) is 13.6. The second kappa shape index (κ2) is 17.1. The molecule has 0 amide bonds. The van der Waals surface area contributed by atoms with E-state index in [1.54, 1.807) is 48.5 Å². The number of alkyl halides is 2. The molecule has 15 nitrogen and oxygen atoms in total. The summed E-state index contributed by atoms with van der Waals surface area (Å²) in [5.41, 5.74) is 9.79. The number of Topliss-reactive ketones (excluding diaryl/α,β-unsaturated/α-hetero) is 1. The number of carbonyl (C=O) groups is 1. The molecule has 0 aliphatic carbocycles. The molecule has 3 aromatic heterocycles.